The summed E-state index contributed by atoms with van der Waals surface area (Å²) in [5.74, 6) is 1.28. The Kier molecular flexibility index (Phi) is 5.27. The molecule has 1 aromatic carbocycles. The number of carbonyl (C=O) groups is 1. The number of benzene rings is 1. The van der Waals surface area contributed by atoms with Crippen molar-refractivity contribution in [2.45, 2.75) is 26.2 Å². The van der Waals surface area contributed by atoms with Crippen molar-refractivity contribution in [1.82, 2.24) is 25.0 Å². The second kappa shape index (κ2) is 8.16. The molecule has 1 fully saturated rings. The topological polar surface area (TPSA) is 97.0 Å². The van der Waals surface area contributed by atoms with E-state index in [1.54, 1.807) is 18.6 Å². The molecule has 3 aromatic rings. The van der Waals surface area contributed by atoms with Gasteiger partial charge in [-0.1, -0.05) is 23.4 Å². The number of piperidine rings is 1. The number of rotatable bonds is 4. The predicted molar refractivity (Wildman–Crippen MR) is 104 cm³/mol. The number of likely N-dealkylation sites (tertiary alicyclic amines) is 1. The Hall–Kier alpha value is -3.29. The van der Waals surface area contributed by atoms with Gasteiger partial charge in [0, 0.05) is 37.6 Å². The molecular formula is C20H22N6O2. The van der Waals surface area contributed by atoms with E-state index in [0.717, 1.165) is 30.6 Å². The Morgan fingerprint density at radius 1 is 1.32 bits per heavy atom. The summed E-state index contributed by atoms with van der Waals surface area (Å²) < 4.78 is 5.38. The van der Waals surface area contributed by atoms with Gasteiger partial charge in [-0.3, -0.25) is 4.98 Å². The van der Waals surface area contributed by atoms with Gasteiger partial charge in [-0.2, -0.15) is 4.98 Å². The molecule has 8 nitrogen and oxygen atoms in total. The molecule has 0 spiro atoms. The lowest BCUT2D eigenvalue weighted by Crippen LogP contribution is -2.42. The van der Waals surface area contributed by atoms with Gasteiger partial charge in [0.1, 0.15) is 5.69 Å². The van der Waals surface area contributed by atoms with Crippen LogP contribution < -0.4 is 5.32 Å². The van der Waals surface area contributed by atoms with E-state index >= 15 is 0 Å². The molecule has 2 aromatic heterocycles. The molecule has 144 valence electrons. The second-order valence-electron chi connectivity index (χ2n) is 7.01. The minimum atomic E-state index is -0.0650. The quantitative estimate of drug-likeness (QED) is 0.748. The average Bonchev–Trinajstić information content (AvgIpc) is 3.19. The lowest BCUT2D eigenvalue weighted by atomic mass is 9.95. The molecule has 0 saturated carbocycles. The number of para-hydroxylation sites is 1. The highest BCUT2D eigenvalue weighted by atomic mass is 16.5. The SMILES string of the molecule is Cc1ccccc1NC(=O)N1CCC[C@H](Cc2nc(-c3cnccn3)no2)C1. The summed E-state index contributed by atoms with van der Waals surface area (Å²) in [6, 6.07) is 7.72. The molecule has 1 atom stereocenters. The van der Waals surface area contributed by atoms with Crippen molar-refractivity contribution in [3.63, 3.8) is 0 Å². The highest BCUT2D eigenvalue weighted by Gasteiger charge is 2.26. The van der Waals surface area contributed by atoms with Crippen LogP contribution in [0.4, 0.5) is 10.5 Å². The zero-order valence-electron chi connectivity index (χ0n) is 15.7. The molecule has 1 aliphatic heterocycles. The third-order valence-electron chi connectivity index (χ3n) is 4.92. The maximum Gasteiger partial charge on any atom is 0.321 e. The first-order valence-corrected chi connectivity index (χ1v) is 9.39. The van der Waals surface area contributed by atoms with Crippen molar-refractivity contribution >= 4 is 11.7 Å². The molecule has 4 rings (SSSR count). The lowest BCUT2D eigenvalue weighted by molar-refractivity contribution is 0.173. The van der Waals surface area contributed by atoms with Crippen LogP contribution in [-0.2, 0) is 6.42 Å². The normalized spacial score (nSPS) is 16.8. The number of amides is 2. The molecule has 8 heteroatoms. The molecule has 2 amide bonds. The van der Waals surface area contributed by atoms with Gasteiger partial charge in [0.2, 0.25) is 11.7 Å². The zero-order chi connectivity index (χ0) is 19.3. The summed E-state index contributed by atoms with van der Waals surface area (Å²) in [5.41, 5.74) is 2.48. The number of urea groups is 1. The van der Waals surface area contributed by atoms with Gasteiger partial charge in [-0.05, 0) is 37.3 Å². The van der Waals surface area contributed by atoms with Crippen molar-refractivity contribution in [1.29, 1.82) is 0 Å². The van der Waals surface area contributed by atoms with Crippen molar-refractivity contribution in [3.05, 3.63) is 54.3 Å². The van der Waals surface area contributed by atoms with E-state index < -0.39 is 0 Å². The van der Waals surface area contributed by atoms with Crippen LogP contribution in [0.3, 0.4) is 0 Å². The number of aromatic nitrogens is 4. The number of anilines is 1. The van der Waals surface area contributed by atoms with Gasteiger partial charge in [0.05, 0.1) is 6.20 Å². The second-order valence-corrected chi connectivity index (χ2v) is 7.01. The van der Waals surface area contributed by atoms with Crippen LogP contribution in [0.1, 0.15) is 24.3 Å². The van der Waals surface area contributed by atoms with Crippen molar-refractivity contribution in [2.24, 2.45) is 5.92 Å². The fourth-order valence-electron chi connectivity index (χ4n) is 3.43. The standard InChI is InChI=1S/C20H22N6O2/c1-14-5-2-3-7-16(14)23-20(27)26-10-4-6-15(13-26)11-18-24-19(25-28-18)17-12-21-8-9-22-17/h2-3,5,7-9,12,15H,4,6,10-11,13H2,1H3,(H,23,27)/t15-/m1/s1. The van der Waals surface area contributed by atoms with E-state index in [1.165, 1.54) is 0 Å². The van der Waals surface area contributed by atoms with Crippen LogP contribution in [0, 0.1) is 12.8 Å². The molecule has 3 heterocycles. The van der Waals surface area contributed by atoms with E-state index in [2.05, 4.69) is 25.4 Å². The summed E-state index contributed by atoms with van der Waals surface area (Å²) in [7, 11) is 0. The summed E-state index contributed by atoms with van der Waals surface area (Å²) in [6.07, 6.45) is 7.42. The Bertz CT molecular complexity index is 943. The molecule has 28 heavy (non-hydrogen) atoms. The summed E-state index contributed by atoms with van der Waals surface area (Å²) in [5, 5.41) is 7.00. The zero-order valence-corrected chi connectivity index (χ0v) is 15.7. The number of hydrogen-bond donors (Lipinski definition) is 1. The van der Waals surface area contributed by atoms with Crippen LogP contribution in [0.15, 0.2) is 47.4 Å². The minimum Gasteiger partial charge on any atom is -0.339 e. The number of nitrogens with one attached hydrogen (secondary N) is 1. The van der Waals surface area contributed by atoms with E-state index in [4.69, 9.17) is 4.52 Å². The van der Waals surface area contributed by atoms with Crippen LogP contribution >= 0.6 is 0 Å². The highest BCUT2D eigenvalue weighted by Crippen LogP contribution is 2.23. The highest BCUT2D eigenvalue weighted by molar-refractivity contribution is 5.90. The maximum atomic E-state index is 12.7. The average molecular weight is 378 g/mol. The van der Waals surface area contributed by atoms with Gasteiger partial charge in [0.25, 0.3) is 0 Å². The van der Waals surface area contributed by atoms with Crippen LogP contribution in [0.5, 0.6) is 0 Å². The molecule has 1 aliphatic rings. The maximum absolute atomic E-state index is 12.7. The van der Waals surface area contributed by atoms with Gasteiger partial charge < -0.3 is 14.7 Å². The largest absolute Gasteiger partial charge is 0.339 e. The minimum absolute atomic E-state index is 0.0650. The van der Waals surface area contributed by atoms with Crippen molar-refractivity contribution < 1.29 is 9.32 Å². The van der Waals surface area contributed by atoms with Crippen molar-refractivity contribution in [3.8, 4) is 11.5 Å². The first-order valence-electron chi connectivity index (χ1n) is 9.39. The summed E-state index contributed by atoms with van der Waals surface area (Å²) in [6.45, 7) is 3.41. The third-order valence-corrected chi connectivity index (χ3v) is 4.92. The van der Waals surface area contributed by atoms with E-state index in [-0.39, 0.29) is 11.9 Å². The first-order chi connectivity index (χ1) is 13.7. The van der Waals surface area contributed by atoms with Gasteiger partial charge in [-0.25, -0.2) is 9.78 Å². The number of aryl methyl sites for hydroxylation is 1. The van der Waals surface area contributed by atoms with Gasteiger partial charge >= 0.3 is 6.03 Å². The molecular weight excluding hydrogens is 356 g/mol. The number of nitrogens with zero attached hydrogens (tertiary/aromatic N) is 5. The molecule has 1 saturated heterocycles. The van der Waals surface area contributed by atoms with Crippen molar-refractivity contribution in [2.75, 3.05) is 18.4 Å². The van der Waals surface area contributed by atoms with Crippen LogP contribution in [-0.4, -0.2) is 44.1 Å². The monoisotopic (exact) mass is 378 g/mol. The first kappa shape index (κ1) is 18.1. The van der Waals surface area contributed by atoms with Crippen LogP contribution in [0.25, 0.3) is 11.5 Å². The molecule has 0 unspecified atom stereocenters. The Morgan fingerprint density at radius 2 is 2.21 bits per heavy atom. The van der Waals surface area contributed by atoms with E-state index in [0.29, 0.717) is 30.4 Å². The number of carbonyl (C=O) groups excluding carboxylic acids is 1. The van der Waals surface area contributed by atoms with E-state index in [9.17, 15) is 4.79 Å². The predicted octanol–water partition coefficient (Wildman–Crippen LogP) is 3.32. The van der Waals surface area contributed by atoms with Gasteiger partial charge in [-0.15, -0.1) is 0 Å². The molecule has 0 bridgehead atoms. The Balaban J connectivity index is 1.37. The Morgan fingerprint density at radius 3 is 3.04 bits per heavy atom. The van der Waals surface area contributed by atoms with Gasteiger partial charge in [0.15, 0.2) is 0 Å². The fourth-order valence-corrected chi connectivity index (χ4v) is 3.43. The van der Waals surface area contributed by atoms with E-state index in [1.807, 2.05) is 36.1 Å². The molecule has 0 aliphatic carbocycles. The molecule has 1 N–H and O–H groups in total. The summed E-state index contributed by atoms with van der Waals surface area (Å²) in [4.78, 5) is 27.1. The lowest BCUT2D eigenvalue weighted by Gasteiger charge is -2.32. The molecule has 0 radical (unpaired) electrons. The Labute approximate surface area is 163 Å². The van der Waals surface area contributed by atoms with Crippen LogP contribution in [0.2, 0.25) is 0 Å². The number of hydrogen-bond acceptors (Lipinski definition) is 6. The smallest absolute Gasteiger partial charge is 0.321 e. The summed E-state index contributed by atoms with van der Waals surface area (Å²) >= 11 is 0. The fraction of sp³-hybridized carbons (Fsp3) is 0.350. The third kappa shape index (κ3) is 4.16.